The lowest BCUT2D eigenvalue weighted by atomic mass is 10.1. The SMILES string of the molecule is Cc1ccc(N(C)Cc2ccc(C(=O)O)cc2Cl)c(C)c1. The Labute approximate surface area is 129 Å². The van der Waals surface area contributed by atoms with Gasteiger partial charge < -0.3 is 10.0 Å². The van der Waals surface area contributed by atoms with Gasteiger partial charge in [-0.2, -0.15) is 0 Å². The van der Waals surface area contributed by atoms with E-state index in [1.54, 1.807) is 12.1 Å². The zero-order chi connectivity index (χ0) is 15.6. The van der Waals surface area contributed by atoms with Crippen LogP contribution < -0.4 is 4.90 Å². The molecule has 2 rings (SSSR count). The third kappa shape index (κ3) is 3.56. The molecule has 0 aliphatic heterocycles. The smallest absolute Gasteiger partial charge is 0.335 e. The van der Waals surface area contributed by atoms with Crippen molar-refractivity contribution in [3.63, 3.8) is 0 Å². The normalized spacial score (nSPS) is 10.5. The Morgan fingerprint density at radius 3 is 2.48 bits per heavy atom. The van der Waals surface area contributed by atoms with E-state index in [0.29, 0.717) is 11.6 Å². The van der Waals surface area contributed by atoms with Gasteiger partial charge in [0.25, 0.3) is 0 Å². The highest BCUT2D eigenvalue weighted by Crippen LogP contribution is 2.25. The van der Waals surface area contributed by atoms with Crippen molar-refractivity contribution in [3.05, 3.63) is 63.7 Å². The molecule has 0 bridgehead atoms. The van der Waals surface area contributed by atoms with Crippen LogP contribution in [0.25, 0.3) is 0 Å². The first kappa shape index (κ1) is 15.4. The number of hydrogen-bond donors (Lipinski definition) is 1. The average molecular weight is 304 g/mol. The maximum absolute atomic E-state index is 10.9. The summed E-state index contributed by atoms with van der Waals surface area (Å²) in [6, 6.07) is 11.2. The molecule has 1 N–H and O–H groups in total. The lowest BCUT2D eigenvalue weighted by Crippen LogP contribution is -2.17. The van der Waals surface area contributed by atoms with Crippen molar-refractivity contribution in [1.29, 1.82) is 0 Å². The zero-order valence-electron chi connectivity index (χ0n) is 12.4. The fraction of sp³-hybridized carbons (Fsp3) is 0.235. The summed E-state index contributed by atoms with van der Waals surface area (Å²) in [4.78, 5) is 13.0. The molecule has 3 nitrogen and oxygen atoms in total. The summed E-state index contributed by atoms with van der Waals surface area (Å²) in [6.07, 6.45) is 0. The van der Waals surface area contributed by atoms with Gasteiger partial charge in [-0.25, -0.2) is 4.79 Å². The van der Waals surface area contributed by atoms with Crippen molar-refractivity contribution in [2.75, 3.05) is 11.9 Å². The number of carboxylic acid groups (broad SMARTS) is 1. The Balaban J connectivity index is 2.23. The van der Waals surface area contributed by atoms with E-state index in [0.717, 1.165) is 11.3 Å². The standard InChI is InChI=1S/C17H18ClNO2/c1-11-4-7-16(12(2)8-11)19(3)10-14-6-5-13(17(20)21)9-15(14)18/h4-9H,10H2,1-3H3,(H,20,21). The maximum atomic E-state index is 10.9. The molecule has 4 heteroatoms. The predicted octanol–water partition coefficient (Wildman–Crippen LogP) is 4.29. The minimum Gasteiger partial charge on any atom is -0.478 e. The Kier molecular flexibility index (Phi) is 4.53. The zero-order valence-corrected chi connectivity index (χ0v) is 13.1. The molecular weight excluding hydrogens is 286 g/mol. The second kappa shape index (κ2) is 6.19. The highest BCUT2D eigenvalue weighted by Gasteiger charge is 2.10. The Morgan fingerprint density at radius 2 is 1.90 bits per heavy atom. The van der Waals surface area contributed by atoms with E-state index in [-0.39, 0.29) is 5.56 Å². The van der Waals surface area contributed by atoms with Crippen LogP contribution in [0.4, 0.5) is 5.69 Å². The molecule has 0 atom stereocenters. The van der Waals surface area contributed by atoms with Gasteiger partial charge >= 0.3 is 5.97 Å². The number of aryl methyl sites for hydroxylation is 2. The summed E-state index contributed by atoms with van der Waals surface area (Å²) in [5.74, 6) is -0.966. The number of rotatable bonds is 4. The molecular formula is C17H18ClNO2. The summed E-state index contributed by atoms with van der Waals surface area (Å²) in [6.45, 7) is 4.77. The van der Waals surface area contributed by atoms with Gasteiger partial charge in [0.05, 0.1) is 5.56 Å². The van der Waals surface area contributed by atoms with Gasteiger partial charge in [-0.05, 0) is 43.2 Å². The number of benzene rings is 2. The molecule has 110 valence electrons. The molecule has 0 aliphatic rings. The molecule has 0 heterocycles. The van der Waals surface area contributed by atoms with Crippen molar-refractivity contribution in [3.8, 4) is 0 Å². The van der Waals surface area contributed by atoms with Crippen LogP contribution >= 0.6 is 11.6 Å². The molecule has 2 aromatic carbocycles. The summed E-state index contributed by atoms with van der Waals surface area (Å²) in [5.41, 5.74) is 4.69. The van der Waals surface area contributed by atoms with Crippen LogP contribution in [0, 0.1) is 13.8 Å². The lowest BCUT2D eigenvalue weighted by Gasteiger charge is -2.22. The summed E-state index contributed by atoms with van der Waals surface area (Å²) < 4.78 is 0. The predicted molar refractivity (Wildman–Crippen MR) is 86.4 cm³/mol. The molecule has 0 fully saturated rings. The van der Waals surface area contributed by atoms with E-state index >= 15 is 0 Å². The number of carboxylic acids is 1. The van der Waals surface area contributed by atoms with Gasteiger partial charge in [0, 0.05) is 24.3 Å². The van der Waals surface area contributed by atoms with Crippen LogP contribution in [0.2, 0.25) is 5.02 Å². The highest BCUT2D eigenvalue weighted by atomic mass is 35.5. The summed E-state index contributed by atoms with van der Waals surface area (Å²) in [5, 5.41) is 9.43. The molecule has 0 amide bonds. The Hall–Kier alpha value is -2.00. The highest BCUT2D eigenvalue weighted by molar-refractivity contribution is 6.31. The Bertz CT molecular complexity index is 682. The molecule has 0 unspecified atom stereocenters. The monoisotopic (exact) mass is 303 g/mol. The first-order valence-corrected chi connectivity index (χ1v) is 7.06. The quantitative estimate of drug-likeness (QED) is 0.916. The van der Waals surface area contributed by atoms with E-state index in [4.69, 9.17) is 16.7 Å². The number of halogens is 1. The largest absolute Gasteiger partial charge is 0.478 e. The van der Waals surface area contributed by atoms with Crippen molar-refractivity contribution in [2.45, 2.75) is 20.4 Å². The van der Waals surface area contributed by atoms with E-state index in [1.807, 2.05) is 7.05 Å². The molecule has 21 heavy (non-hydrogen) atoms. The van der Waals surface area contributed by atoms with Crippen LogP contribution in [0.15, 0.2) is 36.4 Å². The number of hydrogen-bond acceptors (Lipinski definition) is 2. The minimum atomic E-state index is -0.966. The fourth-order valence-electron chi connectivity index (χ4n) is 2.38. The van der Waals surface area contributed by atoms with Gasteiger partial charge in [0.15, 0.2) is 0 Å². The van der Waals surface area contributed by atoms with Crippen LogP contribution in [-0.4, -0.2) is 18.1 Å². The third-order valence-electron chi connectivity index (χ3n) is 3.47. The van der Waals surface area contributed by atoms with Crippen LogP contribution in [0.1, 0.15) is 27.0 Å². The van der Waals surface area contributed by atoms with Crippen LogP contribution in [0.5, 0.6) is 0 Å². The molecule has 0 aliphatic carbocycles. The topological polar surface area (TPSA) is 40.5 Å². The van der Waals surface area contributed by atoms with Crippen molar-refractivity contribution >= 4 is 23.3 Å². The van der Waals surface area contributed by atoms with Gasteiger partial charge in [0.1, 0.15) is 0 Å². The second-order valence-electron chi connectivity index (χ2n) is 5.26. The molecule has 0 saturated carbocycles. The first-order chi connectivity index (χ1) is 9.88. The molecule has 0 aromatic heterocycles. The van der Waals surface area contributed by atoms with E-state index in [2.05, 4.69) is 36.9 Å². The maximum Gasteiger partial charge on any atom is 0.335 e. The first-order valence-electron chi connectivity index (χ1n) is 6.68. The van der Waals surface area contributed by atoms with Crippen molar-refractivity contribution in [1.82, 2.24) is 0 Å². The molecule has 2 aromatic rings. The number of carbonyl (C=O) groups is 1. The number of nitrogens with zero attached hydrogens (tertiary/aromatic N) is 1. The Morgan fingerprint density at radius 1 is 1.19 bits per heavy atom. The average Bonchev–Trinajstić information content (AvgIpc) is 2.40. The second-order valence-corrected chi connectivity index (χ2v) is 5.66. The van der Waals surface area contributed by atoms with Gasteiger partial charge in [0.2, 0.25) is 0 Å². The summed E-state index contributed by atoms with van der Waals surface area (Å²) >= 11 is 6.18. The number of aromatic carboxylic acids is 1. The molecule has 0 spiro atoms. The van der Waals surface area contributed by atoms with Crippen LogP contribution in [-0.2, 0) is 6.54 Å². The fourth-order valence-corrected chi connectivity index (χ4v) is 2.62. The van der Waals surface area contributed by atoms with Gasteiger partial charge in [-0.1, -0.05) is 35.4 Å². The molecule has 0 saturated heterocycles. The minimum absolute atomic E-state index is 0.206. The van der Waals surface area contributed by atoms with Crippen LogP contribution in [0.3, 0.4) is 0 Å². The van der Waals surface area contributed by atoms with Gasteiger partial charge in [-0.15, -0.1) is 0 Å². The third-order valence-corrected chi connectivity index (χ3v) is 3.82. The van der Waals surface area contributed by atoms with E-state index < -0.39 is 5.97 Å². The van der Waals surface area contributed by atoms with E-state index in [1.165, 1.54) is 17.2 Å². The number of anilines is 1. The molecule has 0 radical (unpaired) electrons. The van der Waals surface area contributed by atoms with Gasteiger partial charge in [-0.3, -0.25) is 0 Å². The van der Waals surface area contributed by atoms with Crippen molar-refractivity contribution < 1.29 is 9.90 Å². The summed E-state index contributed by atoms with van der Waals surface area (Å²) in [7, 11) is 2.00. The van der Waals surface area contributed by atoms with Crippen molar-refractivity contribution in [2.24, 2.45) is 0 Å². The van der Waals surface area contributed by atoms with E-state index in [9.17, 15) is 4.79 Å². The lowest BCUT2D eigenvalue weighted by molar-refractivity contribution is 0.0697.